The van der Waals surface area contributed by atoms with Gasteiger partial charge in [-0.25, -0.2) is 5.48 Å². The van der Waals surface area contributed by atoms with Crippen molar-refractivity contribution in [2.45, 2.75) is 19.9 Å². The van der Waals surface area contributed by atoms with Gasteiger partial charge in [-0.1, -0.05) is 0 Å². The van der Waals surface area contributed by atoms with E-state index >= 15 is 0 Å². The smallest absolute Gasteiger partial charge is 0.171 e. The average Bonchev–Trinajstić information content (AvgIpc) is 2.37. The van der Waals surface area contributed by atoms with Crippen molar-refractivity contribution in [3.8, 4) is 0 Å². The van der Waals surface area contributed by atoms with Crippen LogP contribution in [0.25, 0.3) is 0 Å². The number of hydrogen-bond acceptors (Lipinski definition) is 3. The standard InChI is InChI=1S/C7H13N3O/c1-6(2)10-5-4-7(8-10)9-11-3/h4-6H,1-3H3,(H,8,9). The Morgan fingerprint density at radius 2 is 2.36 bits per heavy atom. The summed E-state index contributed by atoms with van der Waals surface area (Å²) in [6.07, 6.45) is 1.91. The van der Waals surface area contributed by atoms with Crippen molar-refractivity contribution >= 4 is 5.82 Å². The molecule has 0 aliphatic rings. The van der Waals surface area contributed by atoms with Gasteiger partial charge in [0, 0.05) is 18.3 Å². The van der Waals surface area contributed by atoms with Crippen LogP contribution in [0.2, 0.25) is 0 Å². The third-order valence-electron chi connectivity index (χ3n) is 1.34. The van der Waals surface area contributed by atoms with Gasteiger partial charge in [0.25, 0.3) is 0 Å². The molecule has 0 spiro atoms. The van der Waals surface area contributed by atoms with Gasteiger partial charge in [0.1, 0.15) is 0 Å². The maximum Gasteiger partial charge on any atom is 0.171 e. The Morgan fingerprint density at radius 1 is 1.64 bits per heavy atom. The van der Waals surface area contributed by atoms with Crippen molar-refractivity contribution < 1.29 is 4.84 Å². The first-order chi connectivity index (χ1) is 5.24. The second-order valence-electron chi connectivity index (χ2n) is 2.58. The highest BCUT2D eigenvalue weighted by Gasteiger charge is 1.99. The molecule has 0 radical (unpaired) electrons. The first kappa shape index (κ1) is 8.07. The molecule has 1 heterocycles. The molecule has 1 N–H and O–H groups in total. The van der Waals surface area contributed by atoms with Gasteiger partial charge < -0.3 is 0 Å². The van der Waals surface area contributed by atoms with Gasteiger partial charge in [-0.15, -0.1) is 0 Å². The molecule has 0 aromatic carbocycles. The zero-order valence-corrected chi connectivity index (χ0v) is 7.03. The molecule has 0 amide bonds. The minimum Gasteiger partial charge on any atom is -0.278 e. The molecule has 0 aliphatic heterocycles. The van der Waals surface area contributed by atoms with Crippen LogP contribution in [-0.2, 0) is 4.84 Å². The van der Waals surface area contributed by atoms with E-state index in [9.17, 15) is 0 Å². The fourth-order valence-electron chi connectivity index (χ4n) is 0.785. The van der Waals surface area contributed by atoms with Crippen LogP contribution < -0.4 is 5.48 Å². The van der Waals surface area contributed by atoms with Crippen molar-refractivity contribution in [3.05, 3.63) is 12.3 Å². The third-order valence-corrected chi connectivity index (χ3v) is 1.34. The quantitative estimate of drug-likeness (QED) is 0.671. The second-order valence-corrected chi connectivity index (χ2v) is 2.58. The van der Waals surface area contributed by atoms with Gasteiger partial charge in [0.15, 0.2) is 5.82 Å². The predicted octanol–water partition coefficient (Wildman–Crippen LogP) is 1.44. The summed E-state index contributed by atoms with van der Waals surface area (Å²) >= 11 is 0. The Hall–Kier alpha value is -1.03. The van der Waals surface area contributed by atoms with Crippen molar-refractivity contribution in [2.75, 3.05) is 12.6 Å². The SMILES string of the molecule is CONc1ccn(C(C)C)n1. The van der Waals surface area contributed by atoms with Crippen LogP contribution >= 0.6 is 0 Å². The van der Waals surface area contributed by atoms with Gasteiger partial charge in [0.2, 0.25) is 0 Å². The molecular weight excluding hydrogens is 142 g/mol. The highest BCUT2D eigenvalue weighted by Crippen LogP contribution is 2.07. The van der Waals surface area contributed by atoms with Crippen molar-refractivity contribution in [1.82, 2.24) is 9.78 Å². The highest BCUT2D eigenvalue weighted by molar-refractivity contribution is 5.28. The lowest BCUT2D eigenvalue weighted by Gasteiger charge is -2.03. The molecule has 0 saturated carbocycles. The summed E-state index contributed by atoms with van der Waals surface area (Å²) in [5.74, 6) is 0.737. The Balaban J connectivity index is 2.66. The third kappa shape index (κ3) is 1.94. The molecule has 62 valence electrons. The molecule has 4 heteroatoms. The summed E-state index contributed by atoms with van der Waals surface area (Å²) in [6, 6.07) is 2.26. The van der Waals surface area contributed by atoms with E-state index in [0.29, 0.717) is 6.04 Å². The van der Waals surface area contributed by atoms with E-state index in [1.54, 1.807) is 7.11 Å². The normalized spacial score (nSPS) is 10.5. The maximum atomic E-state index is 4.70. The van der Waals surface area contributed by atoms with E-state index in [1.165, 1.54) is 0 Å². The van der Waals surface area contributed by atoms with E-state index in [-0.39, 0.29) is 0 Å². The molecule has 0 fully saturated rings. The van der Waals surface area contributed by atoms with Crippen LogP contribution in [-0.4, -0.2) is 16.9 Å². The Morgan fingerprint density at radius 3 is 2.82 bits per heavy atom. The fourth-order valence-corrected chi connectivity index (χ4v) is 0.785. The van der Waals surface area contributed by atoms with Crippen molar-refractivity contribution in [2.24, 2.45) is 0 Å². The molecule has 4 nitrogen and oxygen atoms in total. The number of anilines is 1. The van der Waals surface area contributed by atoms with Crippen molar-refractivity contribution in [1.29, 1.82) is 0 Å². The summed E-state index contributed by atoms with van der Waals surface area (Å²) in [6.45, 7) is 4.15. The summed E-state index contributed by atoms with van der Waals surface area (Å²) in [5, 5.41) is 4.18. The first-order valence-corrected chi connectivity index (χ1v) is 3.58. The van der Waals surface area contributed by atoms with E-state index in [2.05, 4.69) is 24.4 Å². The predicted molar refractivity (Wildman–Crippen MR) is 43.2 cm³/mol. The van der Waals surface area contributed by atoms with Crippen LogP contribution in [0, 0.1) is 0 Å². The molecule has 1 rings (SSSR count). The van der Waals surface area contributed by atoms with E-state index in [1.807, 2.05) is 16.9 Å². The summed E-state index contributed by atoms with van der Waals surface area (Å²) in [4.78, 5) is 4.70. The maximum absolute atomic E-state index is 4.70. The van der Waals surface area contributed by atoms with Gasteiger partial charge >= 0.3 is 0 Å². The minimum absolute atomic E-state index is 0.391. The molecule has 0 aliphatic carbocycles. The van der Waals surface area contributed by atoms with Gasteiger partial charge in [-0.3, -0.25) is 9.52 Å². The summed E-state index contributed by atoms with van der Waals surface area (Å²) in [7, 11) is 1.56. The lowest BCUT2D eigenvalue weighted by molar-refractivity contribution is 0.268. The lowest BCUT2D eigenvalue weighted by Crippen LogP contribution is -2.02. The lowest BCUT2D eigenvalue weighted by atomic mass is 10.4. The van der Waals surface area contributed by atoms with Gasteiger partial charge in [0.05, 0.1) is 7.11 Å². The molecule has 0 saturated heterocycles. The van der Waals surface area contributed by atoms with E-state index in [4.69, 9.17) is 4.84 Å². The number of aromatic nitrogens is 2. The topological polar surface area (TPSA) is 39.1 Å². The summed E-state index contributed by atoms with van der Waals surface area (Å²) < 4.78 is 1.86. The molecule has 11 heavy (non-hydrogen) atoms. The Kier molecular flexibility index (Phi) is 2.48. The fraction of sp³-hybridized carbons (Fsp3) is 0.571. The van der Waals surface area contributed by atoms with Gasteiger partial charge in [-0.05, 0) is 13.8 Å². The van der Waals surface area contributed by atoms with Crippen LogP contribution in [0.4, 0.5) is 5.82 Å². The number of rotatable bonds is 3. The molecule has 0 bridgehead atoms. The number of nitrogens with one attached hydrogen (secondary N) is 1. The Labute approximate surface area is 66.1 Å². The zero-order valence-electron chi connectivity index (χ0n) is 7.03. The molecule has 1 aromatic heterocycles. The number of hydrogen-bond donors (Lipinski definition) is 1. The largest absolute Gasteiger partial charge is 0.278 e. The summed E-state index contributed by atoms with van der Waals surface area (Å²) in [5.41, 5.74) is 2.65. The number of nitrogens with zero attached hydrogens (tertiary/aromatic N) is 2. The van der Waals surface area contributed by atoms with Crippen LogP contribution in [0.1, 0.15) is 19.9 Å². The monoisotopic (exact) mass is 155 g/mol. The molecule has 0 atom stereocenters. The van der Waals surface area contributed by atoms with Crippen molar-refractivity contribution in [3.63, 3.8) is 0 Å². The Bertz CT molecular complexity index is 219. The van der Waals surface area contributed by atoms with Gasteiger partial charge in [-0.2, -0.15) is 5.10 Å². The van der Waals surface area contributed by atoms with Crippen LogP contribution in [0.15, 0.2) is 12.3 Å². The van der Waals surface area contributed by atoms with Crippen LogP contribution in [0.3, 0.4) is 0 Å². The molecule has 0 unspecified atom stereocenters. The average molecular weight is 155 g/mol. The second kappa shape index (κ2) is 3.39. The van der Waals surface area contributed by atoms with Crippen LogP contribution in [0.5, 0.6) is 0 Å². The molecular formula is C7H13N3O. The first-order valence-electron chi connectivity index (χ1n) is 3.58. The minimum atomic E-state index is 0.391. The zero-order chi connectivity index (χ0) is 8.27. The van der Waals surface area contributed by atoms with E-state index < -0.39 is 0 Å². The van der Waals surface area contributed by atoms with E-state index in [0.717, 1.165) is 5.82 Å². The molecule has 1 aromatic rings. The highest BCUT2D eigenvalue weighted by atomic mass is 16.6.